The molecule has 2 nitrogen and oxygen atoms in total. The second-order valence-electron chi connectivity index (χ2n) is 5.38. The molecule has 0 aromatic heterocycles. The van der Waals surface area contributed by atoms with Gasteiger partial charge in [-0.2, -0.15) is 0 Å². The van der Waals surface area contributed by atoms with Gasteiger partial charge in [-0.15, -0.1) is 0 Å². The highest BCUT2D eigenvalue weighted by Gasteiger charge is 2.26. The lowest BCUT2D eigenvalue weighted by Crippen LogP contribution is -2.33. The van der Waals surface area contributed by atoms with Gasteiger partial charge in [0.25, 0.3) is 0 Å². The third-order valence-electron chi connectivity index (χ3n) is 4.32. The number of para-hydroxylation sites is 1. The van der Waals surface area contributed by atoms with Crippen molar-refractivity contribution in [3.63, 3.8) is 0 Å². The van der Waals surface area contributed by atoms with E-state index in [0.717, 1.165) is 19.4 Å². The number of rotatable bonds is 4. The van der Waals surface area contributed by atoms with Crippen LogP contribution in [0.15, 0.2) is 48.5 Å². The summed E-state index contributed by atoms with van der Waals surface area (Å²) in [4.78, 5) is 2.48. The second kappa shape index (κ2) is 5.68. The molecule has 0 spiro atoms. The van der Waals surface area contributed by atoms with Gasteiger partial charge >= 0.3 is 0 Å². The van der Waals surface area contributed by atoms with Crippen molar-refractivity contribution in [3.8, 4) is 0 Å². The molecule has 3 rings (SSSR count). The highest BCUT2D eigenvalue weighted by molar-refractivity contribution is 5.60. The van der Waals surface area contributed by atoms with Crippen LogP contribution in [0.3, 0.4) is 0 Å². The zero-order chi connectivity index (χ0) is 13.9. The van der Waals surface area contributed by atoms with Crippen molar-refractivity contribution in [1.29, 1.82) is 0 Å². The van der Waals surface area contributed by atoms with Crippen molar-refractivity contribution in [1.82, 2.24) is 0 Å². The van der Waals surface area contributed by atoms with Gasteiger partial charge in [0, 0.05) is 18.8 Å². The quantitative estimate of drug-likeness (QED) is 0.920. The first kappa shape index (κ1) is 13.2. The molecular weight excluding hydrogens is 244 g/mol. The molecule has 20 heavy (non-hydrogen) atoms. The Kier molecular flexibility index (Phi) is 3.75. The molecule has 2 N–H and O–H groups in total. The minimum absolute atomic E-state index is 0.287. The van der Waals surface area contributed by atoms with Crippen molar-refractivity contribution >= 4 is 5.69 Å². The first-order valence-corrected chi connectivity index (χ1v) is 7.47. The van der Waals surface area contributed by atoms with Gasteiger partial charge in [-0.1, -0.05) is 49.4 Å². The number of hydrogen-bond acceptors (Lipinski definition) is 2. The average Bonchev–Trinajstić information content (AvgIpc) is 2.93. The Hall–Kier alpha value is -1.80. The van der Waals surface area contributed by atoms with Crippen molar-refractivity contribution in [2.75, 3.05) is 18.0 Å². The number of fused-ring (bicyclic) bond motifs is 1. The normalized spacial score (nSPS) is 15.2. The van der Waals surface area contributed by atoms with E-state index in [4.69, 9.17) is 5.73 Å². The summed E-state index contributed by atoms with van der Waals surface area (Å²) in [5.41, 5.74) is 11.7. The molecule has 1 aliphatic heterocycles. The fourth-order valence-electron chi connectivity index (χ4n) is 3.29. The maximum atomic E-state index is 6.12. The monoisotopic (exact) mass is 266 g/mol. The standard InChI is InChI=1S/C18H22N2/c1-2-14-7-3-5-9-16(14)18(13-19)20-12-11-15-8-4-6-10-17(15)20/h3-10,18H,2,11-13,19H2,1H3. The second-order valence-corrected chi connectivity index (χ2v) is 5.38. The maximum absolute atomic E-state index is 6.12. The van der Waals surface area contributed by atoms with Crippen LogP contribution in [-0.4, -0.2) is 13.1 Å². The van der Waals surface area contributed by atoms with Crippen LogP contribution in [0.25, 0.3) is 0 Å². The Morgan fingerprint density at radius 2 is 1.85 bits per heavy atom. The van der Waals surface area contributed by atoms with E-state index in [2.05, 4.69) is 60.4 Å². The summed E-state index contributed by atoms with van der Waals surface area (Å²) in [5.74, 6) is 0. The fraction of sp³-hybridized carbons (Fsp3) is 0.333. The van der Waals surface area contributed by atoms with Crippen LogP contribution in [0.1, 0.15) is 29.7 Å². The maximum Gasteiger partial charge on any atom is 0.0667 e. The molecular formula is C18H22N2. The first-order chi connectivity index (χ1) is 9.85. The van der Waals surface area contributed by atoms with E-state index in [1.807, 2.05) is 0 Å². The SMILES string of the molecule is CCc1ccccc1C(CN)N1CCc2ccccc21. The van der Waals surface area contributed by atoms with Gasteiger partial charge in [-0.3, -0.25) is 0 Å². The highest BCUT2D eigenvalue weighted by Crippen LogP contribution is 2.35. The number of anilines is 1. The Balaban J connectivity index is 1.99. The molecule has 1 heterocycles. The van der Waals surface area contributed by atoms with Crippen LogP contribution in [-0.2, 0) is 12.8 Å². The zero-order valence-electron chi connectivity index (χ0n) is 12.0. The van der Waals surface area contributed by atoms with E-state index in [-0.39, 0.29) is 6.04 Å². The molecule has 2 heteroatoms. The Morgan fingerprint density at radius 3 is 2.65 bits per heavy atom. The van der Waals surface area contributed by atoms with Crippen LogP contribution in [0.5, 0.6) is 0 Å². The topological polar surface area (TPSA) is 29.3 Å². The van der Waals surface area contributed by atoms with E-state index in [0.29, 0.717) is 6.54 Å². The molecule has 0 bridgehead atoms. The number of nitrogens with two attached hydrogens (primary N) is 1. The van der Waals surface area contributed by atoms with Gasteiger partial charge in [0.15, 0.2) is 0 Å². The van der Waals surface area contributed by atoms with Gasteiger partial charge in [-0.25, -0.2) is 0 Å². The van der Waals surface area contributed by atoms with Crippen LogP contribution >= 0.6 is 0 Å². The van der Waals surface area contributed by atoms with Gasteiger partial charge < -0.3 is 10.6 Å². The van der Waals surface area contributed by atoms with Crippen molar-refractivity contribution in [2.45, 2.75) is 25.8 Å². The van der Waals surface area contributed by atoms with Gasteiger partial charge in [0.05, 0.1) is 6.04 Å². The van der Waals surface area contributed by atoms with Gasteiger partial charge in [0.1, 0.15) is 0 Å². The molecule has 1 atom stereocenters. The lowest BCUT2D eigenvalue weighted by atomic mass is 9.97. The predicted molar refractivity (Wildman–Crippen MR) is 85.1 cm³/mol. The Bertz CT molecular complexity index is 591. The fourth-order valence-corrected chi connectivity index (χ4v) is 3.29. The van der Waals surface area contributed by atoms with E-state index < -0.39 is 0 Å². The average molecular weight is 266 g/mol. The van der Waals surface area contributed by atoms with E-state index in [1.54, 1.807) is 0 Å². The van der Waals surface area contributed by atoms with Gasteiger partial charge in [0.2, 0.25) is 0 Å². The molecule has 0 saturated carbocycles. The number of benzene rings is 2. The lowest BCUT2D eigenvalue weighted by molar-refractivity contribution is 0.643. The third kappa shape index (κ3) is 2.20. The van der Waals surface area contributed by atoms with E-state index >= 15 is 0 Å². The molecule has 1 unspecified atom stereocenters. The van der Waals surface area contributed by atoms with Crippen molar-refractivity contribution in [3.05, 3.63) is 65.2 Å². The number of aryl methyl sites for hydroxylation is 1. The molecule has 104 valence electrons. The Morgan fingerprint density at radius 1 is 1.10 bits per heavy atom. The molecule has 0 aliphatic carbocycles. The third-order valence-corrected chi connectivity index (χ3v) is 4.32. The molecule has 0 amide bonds. The van der Waals surface area contributed by atoms with Crippen LogP contribution in [0.2, 0.25) is 0 Å². The molecule has 0 radical (unpaired) electrons. The zero-order valence-corrected chi connectivity index (χ0v) is 12.0. The number of nitrogens with zero attached hydrogens (tertiary/aromatic N) is 1. The van der Waals surface area contributed by atoms with Crippen molar-refractivity contribution in [2.24, 2.45) is 5.73 Å². The molecule has 2 aromatic carbocycles. The molecule has 2 aromatic rings. The number of hydrogen-bond donors (Lipinski definition) is 1. The van der Waals surface area contributed by atoms with E-state index in [1.165, 1.54) is 22.4 Å². The summed E-state index contributed by atoms with van der Waals surface area (Å²) in [5, 5.41) is 0. The summed E-state index contributed by atoms with van der Waals surface area (Å²) in [6.45, 7) is 3.94. The largest absolute Gasteiger partial charge is 0.363 e. The summed E-state index contributed by atoms with van der Waals surface area (Å²) < 4.78 is 0. The summed E-state index contributed by atoms with van der Waals surface area (Å²) in [7, 11) is 0. The van der Waals surface area contributed by atoms with Crippen LogP contribution in [0, 0.1) is 0 Å². The molecule has 1 aliphatic rings. The smallest absolute Gasteiger partial charge is 0.0667 e. The summed E-state index contributed by atoms with van der Waals surface area (Å²) in [6, 6.07) is 17.7. The molecule has 0 fully saturated rings. The predicted octanol–water partition coefficient (Wildman–Crippen LogP) is 3.31. The lowest BCUT2D eigenvalue weighted by Gasteiger charge is -2.31. The summed E-state index contributed by atoms with van der Waals surface area (Å²) >= 11 is 0. The van der Waals surface area contributed by atoms with Crippen LogP contribution in [0.4, 0.5) is 5.69 Å². The summed E-state index contributed by atoms with van der Waals surface area (Å²) in [6.07, 6.45) is 2.18. The van der Waals surface area contributed by atoms with Crippen LogP contribution < -0.4 is 10.6 Å². The van der Waals surface area contributed by atoms with Gasteiger partial charge in [-0.05, 0) is 35.6 Å². The Labute approximate surface area is 121 Å². The van der Waals surface area contributed by atoms with Crippen molar-refractivity contribution < 1.29 is 0 Å². The molecule has 0 saturated heterocycles. The minimum Gasteiger partial charge on any atom is -0.363 e. The minimum atomic E-state index is 0.287. The highest BCUT2D eigenvalue weighted by atomic mass is 15.2. The first-order valence-electron chi connectivity index (χ1n) is 7.47. The van der Waals surface area contributed by atoms with E-state index in [9.17, 15) is 0 Å².